The molecule has 0 unspecified atom stereocenters. The summed E-state index contributed by atoms with van der Waals surface area (Å²) in [4.78, 5) is 0. The van der Waals surface area contributed by atoms with Crippen LogP contribution in [0.1, 0.15) is 17.0 Å². The molecule has 0 amide bonds. The van der Waals surface area contributed by atoms with E-state index >= 15 is 0 Å². The van der Waals surface area contributed by atoms with Gasteiger partial charge in [-0.1, -0.05) is 60.7 Å². The third-order valence-electron chi connectivity index (χ3n) is 3.04. The number of hydrogen-bond acceptors (Lipinski definition) is 3. The highest BCUT2D eigenvalue weighted by Gasteiger charge is 2.05. The van der Waals surface area contributed by atoms with Gasteiger partial charge >= 0.3 is 0 Å². The number of nitrogens with one attached hydrogen (secondary N) is 1. The Morgan fingerprint density at radius 3 is 2.43 bits per heavy atom. The lowest BCUT2D eigenvalue weighted by molar-refractivity contribution is 0.792. The minimum Gasteiger partial charge on any atom is -0.250 e. The number of aromatic amines is 1. The van der Waals surface area contributed by atoms with Gasteiger partial charge in [-0.25, -0.2) is 0 Å². The number of nitrogens with zero attached hydrogens (tertiary/aromatic N) is 3. The third-order valence-corrected chi connectivity index (χ3v) is 3.31. The van der Waals surface area contributed by atoms with Gasteiger partial charge in [-0.05, 0) is 23.3 Å². The molecule has 0 aliphatic rings. The number of aromatic nitrogens is 3. The predicted molar refractivity (Wildman–Crippen MR) is 86.1 cm³/mol. The van der Waals surface area contributed by atoms with Crippen LogP contribution in [-0.2, 0) is 6.42 Å². The Morgan fingerprint density at radius 2 is 1.71 bits per heavy atom. The first-order chi connectivity index (χ1) is 10.3. The summed E-state index contributed by atoms with van der Waals surface area (Å²) < 4.78 is 2.16. The highest BCUT2D eigenvalue weighted by molar-refractivity contribution is 7.71. The molecule has 1 heterocycles. The fraction of sp³-hybridized carbons (Fsp3) is 0.0625. The van der Waals surface area contributed by atoms with E-state index in [1.54, 1.807) is 10.9 Å². The Balaban J connectivity index is 1.87. The van der Waals surface area contributed by atoms with Gasteiger partial charge in [0.1, 0.15) is 0 Å². The lowest BCUT2D eigenvalue weighted by Crippen LogP contribution is -2.00. The Morgan fingerprint density at radius 1 is 1.05 bits per heavy atom. The molecule has 2 aromatic carbocycles. The van der Waals surface area contributed by atoms with Crippen LogP contribution in [0.3, 0.4) is 0 Å². The Kier molecular flexibility index (Phi) is 4.02. The fourth-order valence-corrected chi connectivity index (χ4v) is 2.20. The van der Waals surface area contributed by atoms with Crippen molar-refractivity contribution in [2.24, 2.45) is 5.10 Å². The molecule has 0 radical (unpaired) electrons. The van der Waals surface area contributed by atoms with Crippen molar-refractivity contribution in [1.82, 2.24) is 14.9 Å². The maximum Gasteiger partial charge on any atom is 0.216 e. The minimum atomic E-state index is 0.494. The van der Waals surface area contributed by atoms with Gasteiger partial charge in [0.25, 0.3) is 0 Å². The van der Waals surface area contributed by atoms with Gasteiger partial charge in [-0.15, -0.1) is 0 Å². The average molecular weight is 294 g/mol. The Bertz CT molecular complexity index is 788. The molecule has 3 aromatic rings. The van der Waals surface area contributed by atoms with Crippen LogP contribution >= 0.6 is 12.2 Å². The minimum absolute atomic E-state index is 0.494. The van der Waals surface area contributed by atoms with Crippen LogP contribution in [0.2, 0.25) is 0 Å². The Hall–Kier alpha value is -2.53. The molecule has 1 N–H and O–H groups in total. The van der Waals surface area contributed by atoms with Crippen LogP contribution in [0.15, 0.2) is 65.8 Å². The number of hydrogen-bond donors (Lipinski definition) is 1. The molecule has 0 bridgehead atoms. The van der Waals surface area contributed by atoms with Gasteiger partial charge in [-0.3, -0.25) is 5.10 Å². The van der Waals surface area contributed by atoms with Gasteiger partial charge in [0.15, 0.2) is 5.82 Å². The summed E-state index contributed by atoms with van der Waals surface area (Å²) in [6.07, 6.45) is 2.46. The van der Waals surface area contributed by atoms with Crippen molar-refractivity contribution >= 4 is 18.4 Å². The summed E-state index contributed by atoms with van der Waals surface area (Å²) in [6, 6.07) is 20.0. The zero-order valence-electron chi connectivity index (χ0n) is 11.3. The average Bonchev–Trinajstić information content (AvgIpc) is 2.87. The summed E-state index contributed by atoms with van der Waals surface area (Å²) in [6.45, 7) is 0. The molecule has 0 aliphatic heterocycles. The third kappa shape index (κ3) is 3.32. The second-order valence-corrected chi connectivity index (χ2v) is 4.96. The van der Waals surface area contributed by atoms with E-state index in [9.17, 15) is 0 Å². The van der Waals surface area contributed by atoms with Crippen molar-refractivity contribution < 1.29 is 0 Å². The fourth-order valence-electron chi connectivity index (χ4n) is 2.00. The summed E-state index contributed by atoms with van der Waals surface area (Å²) in [5.74, 6) is 0.790. The van der Waals surface area contributed by atoms with Crippen molar-refractivity contribution in [2.45, 2.75) is 6.42 Å². The standard InChI is InChI=1S/C16H14N4S/c21-16-19-18-15(11-13-7-3-1-4-8-13)20(16)17-12-14-9-5-2-6-10-14/h1-10,12H,11H2,(H,19,21)/b17-12+. The number of benzene rings is 2. The first-order valence-corrected chi connectivity index (χ1v) is 7.03. The van der Waals surface area contributed by atoms with Crippen LogP contribution in [0.5, 0.6) is 0 Å². The van der Waals surface area contributed by atoms with E-state index in [2.05, 4.69) is 27.4 Å². The van der Waals surface area contributed by atoms with Crippen molar-refractivity contribution in [1.29, 1.82) is 0 Å². The van der Waals surface area contributed by atoms with Crippen LogP contribution in [-0.4, -0.2) is 21.1 Å². The highest BCUT2D eigenvalue weighted by atomic mass is 32.1. The number of rotatable bonds is 4. The normalized spacial score (nSPS) is 11.0. The molecule has 0 aliphatic carbocycles. The smallest absolute Gasteiger partial charge is 0.216 e. The number of H-pyrrole nitrogens is 1. The van der Waals surface area contributed by atoms with Crippen LogP contribution in [0, 0.1) is 4.77 Å². The van der Waals surface area contributed by atoms with Crippen molar-refractivity contribution in [2.75, 3.05) is 0 Å². The summed E-state index contributed by atoms with van der Waals surface area (Å²) in [5.41, 5.74) is 2.19. The Labute approximate surface area is 127 Å². The highest BCUT2D eigenvalue weighted by Crippen LogP contribution is 2.07. The van der Waals surface area contributed by atoms with E-state index < -0.39 is 0 Å². The second kappa shape index (κ2) is 6.28. The van der Waals surface area contributed by atoms with Crippen molar-refractivity contribution in [3.63, 3.8) is 0 Å². The largest absolute Gasteiger partial charge is 0.250 e. The topological polar surface area (TPSA) is 46.0 Å². The van der Waals surface area contributed by atoms with Gasteiger partial charge in [0.05, 0.1) is 6.21 Å². The van der Waals surface area contributed by atoms with Crippen LogP contribution < -0.4 is 0 Å². The maximum absolute atomic E-state index is 5.24. The lowest BCUT2D eigenvalue weighted by atomic mass is 10.1. The van der Waals surface area contributed by atoms with E-state index in [-0.39, 0.29) is 0 Å². The summed E-state index contributed by atoms with van der Waals surface area (Å²) in [5, 5.41) is 11.5. The van der Waals surface area contributed by atoms with E-state index in [0.717, 1.165) is 11.4 Å². The molecule has 5 heteroatoms. The quantitative estimate of drug-likeness (QED) is 0.592. The molecule has 0 spiro atoms. The van der Waals surface area contributed by atoms with Gasteiger partial charge in [-0.2, -0.15) is 14.9 Å². The first-order valence-electron chi connectivity index (χ1n) is 6.62. The predicted octanol–water partition coefficient (Wildman–Crippen LogP) is 3.41. The molecule has 0 fully saturated rings. The first kappa shape index (κ1) is 13.5. The van der Waals surface area contributed by atoms with Gasteiger partial charge in [0.2, 0.25) is 4.77 Å². The molecule has 21 heavy (non-hydrogen) atoms. The molecule has 0 atom stereocenters. The monoisotopic (exact) mass is 294 g/mol. The molecular formula is C16H14N4S. The molecular weight excluding hydrogens is 280 g/mol. The molecule has 1 aromatic heterocycles. The van der Waals surface area contributed by atoms with Gasteiger partial charge in [0, 0.05) is 6.42 Å². The SMILES string of the molecule is S=c1[nH]nc(Cc2ccccc2)n1/N=C/c1ccccc1. The second-order valence-electron chi connectivity index (χ2n) is 4.57. The van der Waals surface area contributed by atoms with Crippen LogP contribution in [0.25, 0.3) is 0 Å². The summed E-state index contributed by atoms with van der Waals surface area (Å²) in [7, 11) is 0. The zero-order chi connectivity index (χ0) is 14.5. The van der Waals surface area contributed by atoms with E-state index in [1.807, 2.05) is 48.5 Å². The van der Waals surface area contributed by atoms with E-state index in [4.69, 9.17) is 12.2 Å². The molecule has 3 rings (SSSR count). The molecule has 104 valence electrons. The molecule has 0 saturated carbocycles. The van der Waals surface area contributed by atoms with E-state index in [1.165, 1.54) is 5.56 Å². The van der Waals surface area contributed by atoms with Crippen molar-refractivity contribution in [3.05, 3.63) is 82.4 Å². The van der Waals surface area contributed by atoms with Crippen molar-refractivity contribution in [3.8, 4) is 0 Å². The summed E-state index contributed by atoms with van der Waals surface area (Å²) >= 11 is 5.24. The molecule has 4 nitrogen and oxygen atoms in total. The molecule has 0 saturated heterocycles. The van der Waals surface area contributed by atoms with E-state index in [0.29, 0.717) is 11.2 Å². The maximum atomic E-state index is 5.24. The zero-order valence-corrected chi connectivity index (χ0v) is 12.1. The lowest BCUT2D eigenvalue weighted by Gasteiger charge is -2.01. The van der Waals surface area contributed by atoms with Gasteiger partial charge < -0.3 is 0 Å². The van der Waals surface area contributed by atoms with Crippen LogP contribution in [0.4, 0.5) is 0 Å².